The number of aldehydes is 1. The van der Waals surface area contributed by atoms with Crippen LogP contribution in [0.3, 0.4) is 0 Å². The molecule has 2 atom stereocenters. The zero-order chi connectivity index (χ0) is 23.7. The second kappa shape index (κ2) is 9.49. The number of hydrogen-bond acceptors (Lipinski definition) is 4. The monoisotopic (exact) mass is 459 g/mol. The first-order valence-corrected chi connectivity index (χ1v) is 12.0. The molecule has 1 saturated heterocycles. The minimum atomic E-state index is -0.345. The van der Waals surface area contributed by atoms with Crippen LogP contribution < -0.4 is 9.64 Å². The van der Waals surface area contributed by atoms with Crippen LogP contribution >= 0.6 is 0 Å². The van der Waals surface area contributed by atoms with E-state index in [0.717, 1.165) is 48.7 Å². The van der Waals surface area contributed by atoms with Gasteiger partial charge < -0.3 is 19.5 Å². The molecule has 0 amide bonds. The maximum absolute atomic E-state index is 15.9. The number of anilines is 1. The van der Waals surface area contributed by atoms with Crippen molar-refractivity contribution in [3.63, 3.8) is 0 Å². The topological polar surface area (TPSA) is 49.8 Å². The van der Waals surface area contributed by atoms with E-state index in [2.05, 4.69) is 12.1 Å². The highest BCUT2D eigenvalue weighted by Crippen LogP contribution is 2.50. The minimum Gasteiger partial charge on any atom is -0.508 e. The zero-order valence-corrected chi connectivity index (χ0v) is 19.4. The van der Waals surface area contributed by atoms with E-state index in [0.29, 0.717) is 18.8 Å². The van der Waals surface area contributed by atoms with Crippen molar-refractivity contribution >= 4 is 12.0 Å². The molecule has 176 valence electrons. The fourth-order valence-corrected chi connectivity index (χ4v) is 5.78. The lowest BCUT2D eigenvalue weighted by Gasteiger charge is -2.36. The molecule has 3 aromatic rings. The third kappa shape index (κ3) is 4.04. The Hall–Kier alpha value is -3.34. The zero-order valence-electron chi connectivity index (χ0n) is 19.4. The summed E-state index contributed by atoms with van der Waals surface area (Å²) in [5.74, 6) is 0.320. The lowest BCUT2D eigenvalue weighted by atomic mass is 9.69. The molecule has 3 aromatic carbocycles. The first-order chi connectivity index (χ1) is 16.6. The molecule has 4 nitrogen and oxygen atoms in total. The lowest BCUT2D eigenvalue weighted by Crippen LogP contribution is -2.34. The van der Waals surface area contributed by atoms with Crippen LogP contribution in [0.25, 0.3) is 0 Å². The maximum atomic E-state index is 15.9. The number of phenolic OH excluding ortho intramolecular Hbond substituents is 1. The van der Waals surface area contributed by atoms with E-state index in [1.54, 1.807) is 6.07 Å². The van der Waals surface area contributed by atoms with Crippen LogP contribution in [-0.2, 0) is 11.2 Å². The number of phenols is 1. The van der Waals surface area contributed by atoms with Gasteiger partial charge in [0, 0.05) is 30.5 Å². The third-order valence-electron chi connectivity index (χ3n) is 7.54. The van der Waals surface area contributed by atoms with E-state index < -0.39 is 0 Å². The van der Waals surface area contributed by atoms with Crippen LogP contribution in [-0.4, -0.2) is 31.6 Å². The van der Waals surface area contributed by atoms with Crippen molar-refractivity contribution in [2.45, 2.75) is 37.5 Å². The van der Waals surface area contributed by atoms with E-state index in [4.69, 9.17) is 4.74 Å². The number of nitrogens with zero attached hydrogens (tertiary/aromatic N) is 1. The number of halogens is 1. The van der Waals surface area contributed by atoms with Gasteiger partial charge in [0.05, 0.1) is 12.8 Å². The van der Waals surface area contributed by atoms with Gasteiger partial charge >= 0.3 is 0 Å². The van der Waals surface area contributed by atoms with Gasteiger partial charge in [-0.1, -0.05) is 42.5 Å². The average molecular weight is 460 g/mol. The number of rotatable bonds is 5. The lowest BCUT2D eigenvalue weighted by molar-refractivity contribution is -0.111. The van der Waals surface area contributed by atoms with Crippen LogP contribution in [0, 0.1) is 11.7 Å². The van der Waals surface area contributed by atoms with Crippen molar-refractivity contribution in [1.82, 2.24) is 0 Å². The summed E-state index contributed by atoms with van der Waals surface area (Å²) in [5.41, 5.74) is 4.78. The molecule has 0 bridgehead atoms. The number of carbonyl (C=O) groups is 1. The molecule has 2 aliphatic rings. The summed E-state index contributed by atoms with van der Waals surface area (Å²) in [6.07, 6.45) is 4.25. The van der Waals surface area contributed by atoms with Crippen molar-refractivity contribution in [3.05, 3.63) is 88.7 Å². The van der Waals surface area contributed by atoms with Crippen LogP contribution in [0.2, 0.25) is 0 Å². The predicted molar refractivity (Wildman–Crippen MR) is 131 cm³/mol. The first-order valence-electron chi connectivity index (χ1n) is 12.0. The number of fused-ring (bicyclic) bond motifs is 1. The van der Waals surface area contributed by atoms with Crippen LogP contribution in [0.4, 0.5) is 10.1 Å². The van der Waals surface area contributed by atoms with Crippen LogP contribution in [0.1, 0.15) is 53.4 Å². The maximum Gasteiger partial charge on any atom is 0.188 e. The number of methoxy groups -OCH3 is 1. The molecule has 1 heterocycles. The number of benzene rings is 3. The summed E-state index contributed by atoms with van der Waals surface area (Å²) < 4.78 is 21.7. The molecule has 1 aliphatic heterocycles. The molecule has 1 fully saturated rings. The Kier molecular flexibility index (Phi) is 6.27. The Balaban J connectivity index is 1.60. The molecule has 34 heavy (non-hydrogen) atoms. The molecule has 5 heteroatoms. The smallest absolute Gasteiger partial charge is 0.188 e. The molecule has 1 N–H and O–H groups in total. The highest BCUT2D eigenvalue weighted by atomic mass is 19.1. The quantitative estimate of drug-likeness (QED) is 0.489. The van der Waals surface area contributed by atoms with Gasteiger partial charge in [-0.25, -0.2) is 4.39 Å². The van der Waals surface area contributed by atoms with Gasteiger partial charge in [-0.05, 0) is 66.5 Å². The van der Waals surface area contributed by atoms with Gasteiger partial charge in [0.1, 0.15) is 12.0 Å². The number of piperidine rings is 1. The molecule has 0 aromatic heterocycles. The van der Waals surface area contributed by atoms with E-state index in [1.165, 1.54) is 12.7 Å². The molecule has 0 spiro atoms. The summed E-state index contributed by atoms with van der Waals surface area (Å²) in [4.78, 5) is 13.1. The standard InChI is InChI=1S/C29H30FNO3/c1-34-29-25(11-12-26(28(29)30)31-15-13-19(18-32)14-16-31)27-23(20-5-3-2-4-6-20)9-7-21-17-22(33)8-10-24(21)27/h2-6,8,10-12,17-19,23,27,33H,7,9,13-16H2,1H3/t23-,27+/m0/s1. The van der Waals surface area contributed by atoms with Gasteiger partial charge in [-0.2, -0.15) is 0 Å². The first kappa shape index (κ1) is 22.5. The Morgan fingerprint density at radius 3 is 2.44 bits per heavy atom. The van der Waals surface area contributed by atoms with Crippen molar-refractivity contribution in [1.29, 1.82) is 0 Å². The summed E-state index contributed by atoms with van der Waals surface area (Å²) in [6, 6.07) is 19.8. The second-order valence-electron chi connectivity index (χ2n) is 9.40. The molecule has 5 rings (SSSR count). The summed E-state index contributed by atoms with van der Waals surface area (Å²) in [6.45, 7) is 1.31. The number of hydrogen-bond donors (Lipinski definition) is 1. The highest BCUT2D eigenvalue weighted by Gasteiger charge is 2.35. The van der Waals surface area contributed by atoms with Gasteiger partial charge in [0.15, 0.2) is 11.6 Å². The van der Waals surface area contributed by atoms with Crippen molar-refractivity contribution in [2.75, 3.05) is 25.1 Å². The number of carbonyl (C=O) groups excluding carboxylic acids is 1. The molecular weight excluding hydrogens is 429 g/mol. The van der Waals surface area contributed by atoms with E-state index in [-0.39, 0.29) is 35.1 Å². The molecular formula is C29H30FNO3. The molecule has 0 saturated carbocycles. The number of ether oxygens (including phenoxy) is 1. The largest absolute Gasteiger partial charge is 0.508 e. The van der Waals surface area contributed by atoms with Crippen molar-refractivity contribution < 1.29 is 19.0 Å². The van der Waals surface area contributed by atoms with E-state index in [9.17, 15) is 9.90 Å². The Morgan fingerprint density at radius 2 is 1.74 bits per heavy atom. The van der Waals surface area contributed by atoms with E-state index in [1.807, 2.05) is 47.4 Å². The Bertz CT molecular complexity index is 1170. The highest BCUT2D eigenvalue weighted by molar-refractivity contribution is 5.61. The van der Waals surface area contributed by atoms with Crippen molar-refractivity contribution in [3.8, 4) is 11.5 Å². The van der Waals surface area contributed by atoms with Gasteiger partial charge in [0.2, 0.25) is 0 Å². The average Bonchev–Trinajstić information content (AvgIpc) is 2.88. The van der Waals surface area contributed by atoms with Gasteiger partial charge in [0.25, 0.3) is 0 Å². The van der Waals surface area contributed by atoms with Crippen LogP contribution in [0.15, 0.2) is 60.7 Å². The van der Waals surface area contributed by atoms with Crippen molar-refractivity contribution in [2.24, 2.45) is 5.92 Å². The predicted octanol–water partition coefficient (Wildman–Crippen LogP) is 5.82. The summed E-state index contributed by atoms with van der Waals surface area (Å²) in [5, 5.41) is 10.1. The second-order valence-corrected chi connectivity index (χ2v) is 9.40. The Labute approximate surface area is 200 Å². The normalized spacial score (nSPS) is 20.6. The third-order valence-corrected chi connectivity index (χ3v) is 7.54. The molecule has 1 aliphatic carbocycles. The SMILES string of the molecule is COc1c([C@H]2c3ccc(O)cc3CC[C@H]2c2ccccc2)ccc(N2CCC(C=O)CC2)c1F. The van der Waals surface area contributed by atoms with Crippen LogP contribution in [0.5, 0.6) is 11.5 Å². The fourth-order valence-electron chi connectivity index (χ4n) is 5.78. The summed E-state index contributed by atoms with van der Waals surface area (Å²) in [7, 11) is 1.53. The number of aromatic hydroxyl groups is 1. The number of aryl methyl sites for hydroxylation is 1. The summed E-state index contributed by atoms with van der Waals surface area (Å²) >= 11 is 0. The Morgan fingerprint density at radius 1 is 1.00 bits per heavy atom. The fraction of sp³-hybridized carbons (Fsp3) is 0.345. The van der Waals surface area contributed by atoms with Gasteiger partial charge in [-0.3, -0.25) is 0 Å². The molecule has 0 radical (unpaired) electrons. The van der Waals surface area contributed by atoms with Gasteiger partial charge in [-0.15, -0.1) is 0 Å². The minimum absolute atomic E-state index is 0.0577. The van der Waals surface area contributed by atoms with E-state index >= 15 is 4.39 Å². The molecule has 0 unspecified atom stereocenters.